The average molecular weight is 444 g/mol. The van der Waals surface area contributed by atoms with Crippen molar-refractivity contribution in [1.82, 2.24) is 0 Å². The molecule has 0 rings (SSSR count). The number of aliphatic hydroxyl groups is 4. The van der Waals surface area contributed by atoms with E-state index in [0.29, 0.717) is 0 Å². The predicted octanol–water partition coefficient (Wildman–Crippen LogP) is -1.30. The van der Waals surface area contributed by atoms with Gasteiger partial charge in [-0.05, 0) is 0 Å². The van der Waals surface area contributed by atoms with Gasteiger partial charge in [-0.15, -0.1) is 0 Å². The summed E-state index contributed by atoms with van der Waals surface area (Å²) in [6.45, 7) is 0. The van der Waals surface area contributed by atoms with Crippen molar-refractivity contribution in [2.45, 2.75) is 0 Å². The molecule has 0 aliphatic carbocycles. The molecule has 4 unspecified atom stereocenters. The van der Waals surface area contributed by atoms with Gasteiger partial charge in [0.1, 0.15) is 0 Å². The molecule has 0 radical (unpaired) electrons. The van der Waals surface area contributed by atoms with E-state index in [1.165, 1.54) is 0 Å². The molecule has 0 aromatic carbocycles. The lowest BCUT2D eigenvalue weighted by atomic mass is 11.7. The minimum absolute atomic E-state index is 0.370. The molecule has 4 atom stereocenters. The van der Waals surface area contributed by atoms with Gasteiger partial charge in [0, 0.05) is 0 Å². The Hall–Kier alpha value is 1.30. The van der Waals surface area contributed by atoms with Gasteiger partial charge in [-0.1, -0.05) is 0 Å². The van der Waals surface area contributed by atoms with Crippen LogP contribution in [0.3, 0.4) is 0 Å². The maximum absolute atomic E-state index is 10.5. The van der Waals surface area contributed by atoms with Crippen molar-refractivity contribution in [1.29, 1.82) is 0 Å². The molecule has 4 N–H and O–H groups in total. The lowest BCUT2D eigenvalue weighted by Gasteiger charge is -2.01. The van der Waals surface area contributed by atoms with Crippen LogP contribution in [-0.4, -0.2) is 62.7 Å². The van der Waals surface area contributed by atoms with Crippen LogP contribution in [-0.2, 0) is 36.7 Å². The van der Waals surface area contributed by atoms with E-state index in [9.17, 15) is 16.8 Å². The molecular weight excluding hydrogens is 428 g/mol. The van der Waals surface area contributed by atoms with Gasteiger partial charge in [0.25, 0.3) is 0 Å². The second kappa shape index (κ2) is 15.8. The fourth-order valence-electron chi connectivity index (χ4n) is 0.428. The number of hydrogen-bond donors (Lipinski definition) is 4. The quantitative estimate of drug-likeness (QED) is 0.261. The molecule has 0 heterocycles. The van der Waals surface area contributed by atoms with Crippen LogP contribution in [0.4, 0.5) is 0 Å². The summed E-state index contributed by atoms with van der Waals surface area (Å²) >= 11 is 0. The summed E-state index contributed by atoms with van der Waals surface area (Å²) in [6.07, 6.45) is -1.48. The van der Waals surface area contributed by atoms with Gasteiger partial charge in [-0.25, -0.2) is 15.9 Å². The van der Waals surface area contributed by atoms with Gasteiger partial charge in [-0.3, -0.25) is 0 Å². The molecule has 0 aliphatic rings. The first-order valence-electron chi connectivity index (χ1n) is 4.83. The molecule has 0 amide bonds. The summed E-state index contributed by atoms with van der Waals surface area (Å²) in [5.74, 6) is 0. The highest BCUT2D eigenvalue weighted by atomic mass is 32.3. The lowest BCUT2D eigenvalue weighted by Crippen LogP contribution is -2.00. The Bertz CT molecular complexity index is 368. The second-order valence-corrected chi connectivity index (χ2v) is 9.08. The standard InChI is InChI=1S/2C2H8O6P2S/c2*3-1-9-7-11(5,6)8-10-2-4/h2*3-4,9-10H,1-2H2. The molecule has 0 aromatic heterocycles. The summed E-state index contributed by atoms with van der Waals surface area (Å²) in [5.41, 5.74) is 0. The third-order valence-electron chi connectivity index (χ3n) is 0.902. The topological polar surface area (TPSA) is 186 Å². The maximum atomic E-state index is 10.5. The predicted molar refractivity (Wildman–Crippen MR) is 83.8 cm³/mol. The summed E-state index contributed by atoms with van der Waals surface area (Å²) < 4.78 is 58.4. The lowest BCUT2D eigenvalue weighted by molar-refractivity contribution is 0.349. The molecule has 0 fully saturated rings. The zero-order valence-corrected chi connectivity index (χ0v) is 16.3. The number of aliphatic hydroxyl groups excluding tert-OH is 4. The van der Waals surface area contributed by atoms with Crippen molar-refractivity contribution in [3.63, 3.8) is 0 Å². The highest BCUT2D eigenvalue weighted by Crippen LogP contribution is 2.22. The smallest absolute Gasteiger partial charge is 0.390 e. The van der Waals surface area contributed by atoms with E-state index in [2.05, 4.69) is 15.9 Å². The summed E-state index contributed by atoms with van der Waals surface area (Å²) in [6, 6.07) is 0. The van der Waals surface area contributed by atoms with Gasteiger partial charge in [0.15, 0.2) is 0 Å². The van der Waals surface area contributed by atoms with Crippen molar-refractivity contribution in [3.05, 3.63) is 0 Å². The van der Waals surface area contributed by atoms with Crippen LogP contribution in [0.5, 0.6) is 0 Å². The van der Waals surface area contributed by atoms with Crippen LogP contribution in [0.15, 0.2) is 0 Å². The zero-order chi connectivity index (χ0) is 17.5. The van der Waals surface area contributed by atoms with Gasteiger partial charge in [-0.2, -0.15) is 16.8 Å². The van der Waals surface area contributed by atoms with Crippen molar-refractivity contribution in [3.8, 4) is 0 Å². The Labute approximate surface area is 135 Å². The van der Waals surface area contributed by atoms with E-state index < -0.39 is 56.0 Å². The molecule has 18 heteroatoms. The first kappa shape index (κ1) is 25.5. The molecule has 0 saturated carbocycles. The van der Waals surface area contributed by atoms with Crippen molar-refractivity contribution >= 4 is 56.0 Å². The van der Waals surface area contributed by atoms with Crippen LogP contribution in [0.2, 0.25) is 0 Å². The summed E-state index contributed by atoms with van der Waals surface area (Å²) in [5, 5.41) is 32.7. The van der Waals surface area contributed by atoms with Gasteiger partial charge < -0.3 is 20.4 Å². The van der Waals surface area contributed by atoms with E-state index in [4.69, 9.17) is 20.4 Å². The third-order valence-corrected chi connectivity index (χ3v) is 6.57. The maximum Gasteiger partial charge on any atom is 0.405 e. The van der Waals surface area contributed by atoms with E-state index in [1.54, 1.807) is 0 Å². The highest BCUT2D eigenvalue weighted by molar-refractivity contribution is 7.88. The fraction of sp³-hybridized carbons (Fsp3) is 1.00. The highest BCUT2D eigenvalue weighted by Gasteiger charge is 2.11. The van der Waals surface area contributed by atoms with Crippen LogP contribution in [0, 0.1) is 0 Å². The summed E-state index contributed by atoms with van der Waals surface area (Å²) in [7, 11) is -10.2. The minimum Gasteiger partial charge on any atom is -0.390 e. The van der Waals surface area contributed by atoms with E-state index >= 15 is 0 Å². The van der Waals surface area contributed by atoms with E-state index in [-0.39, 0.29) is 25.4 Å². The Kier molecular flexibility index (Phi) is 18.3. The van der Waals surface area contributed by atoms with Gasteiger partial charge in [0.2, 0.25) is 0 Å². The number of hydrogen-bond acceptors (Lipinski definition) is 12. The molecular formula is C4H16O12P4S2. The second-order valence-electron chi connectivity index (χ2n) is 2.36. The van der Waals surface area contributed by atoms with Gasteiger partial charge >= 0.3 is 20.8 Å². The van der Waals surface area contributed by atoms with Crippen molar-refractivity contribution < 1.29 is 53.1 Å². The van der Waals surface area contributed by atoms with Crippen LogP contribution in [0.1, 0.15) is 0 Å². The Balaban J connectivity index is 0. The Morgan fingerprint density at radius 3 is 0.864 bits per heavy atom. The fourth-order valence-corrected chi connectivity index (χ4v) is 4.47. The minimum atomic E-state index is -4.00. The van der Waals surface area contributed by atoms with Crippen molar-refractivity contribution in [2.24, 2.45) is 0 Å². The Morgan fingerprint density at radius 1 is 0.545 bits per heavy atom. The molecule has 12 nitrogen and oxygen atoms in total. The molecule has 0 spiro atoms. The van der Waals surface area contributed by atoms with Crippen LogP contribution in [0.25, 0.3) is 0 Å². The first-order chi connectivity index (χ1) is 10.2. The first-order valence-corrected chi connectivity index (χ1v) is 12.0. The monoisotopic (exact) mass is 444 g/mol. The van der Waals surface area contributed by atoms with Gasteiger partial charge in [0.05, 0.1) is 60.6 Å². The number of rotatable bonds is 12. The molecule has 0 saturated heterocycles. The summed E-state index contributed by atoms with van der Waals surface area (Å²) in [4.78, 5) is 0. The van der Waals surface area contributed by atoms with E-state index in [0.717, 1.165) is 0 Å². The molecule has 0 aromatic rings. The van der Waals surface area contributed by atoms with Crippen molar-refractivity contribution in [2.75, 3.05) is 25.4 Å². The largest absolute Gasteiger partial charge is 0.405 e. The Morgan fingerprint density at radius 2 is 0.727 bits per heavy atom. The molecule has 136 valence electrons. The van der Waals surface area contributed by atoms with Crippen LogP contribution < -0.4 is 0 Å². The zero-order valence-electron chi connectivity index (χ0n) is 10.7. The molecule has 0 aliphatic heterocycles. The molecule has 22 heavy (non-hydrogen) atoms. The van der Waals surface area contributed by atoms with E-state index in [1.807, 2.05) is 0 Å². The van der Waals surface area contributed by atoms with Crippen LogP contribution >= 0.6 is 35.2 Å². The third kappa shape index (κ3) is 19.3. The molecule has 0 bridgehead atoms. The SMILES string of the molecule is O=S(=O)(OPCO)OPCO.O=S(=O)(OPCO)OPCO. The average Bonchev–Trinajstić information content (AvgIpc) is 2.48. The normalized spacial score (nSPS) is 14.0.